The summed E-state index contributed by atoms with van der Waals surface area (Å²) < 4.78 is 34.3. The molecule has 0 aliphatic carbocycles. The second-order valence-electron chi connectivity index (χ2n) is 7.35. The minimum Gasteiger partial charge on any atom is -0.486 e. The lowest BCUT2D eigenvalue weighted by molar-refractivity contribution is 0.135. The number of fused-ring (bicyclic) bond motifs is 1. The molecule has 1 fully saturated rings. The van der Waals surface area contributed by atoms with Crippen molar-refractivity contribution in [3.63, 3.8) is 0 Å². The molecule has 1 aromatic carbocycles. The standard InChI is InChI=1S/C18H22N4O3S/c1-18(2)10-13-6-5-7-14(17(13)25-18)26(23,24)21-15-11-19-12-16(20-15)22-8-3-4-9-22/h5-7,11-12H,3-4,8-10H2,1-2H3,(H,20,21). The molecule has 2 aliphatic rings. The molecule has 2 aromatic rings. The molecule has 0 atom stereocenters. The molecule has 0 bridgehead atoms. The molecule has 2 aliphatic heterocycles. The number of para-hydroxylation sites is 1. The Morgan fingerprint density at radius 1 is 1.19 bits per heavy atom. The fraction of sp³-hybridized carbons (Fsp3) is 0.444. The van der Waals surface area contributed by atoms with E-state index >= 15 is 0 Å². The van der Waals surface area contributed by atoms with Crippen LogP contribution in [0.1, 0.15) is 32.3 Å². The fourth-order valence-electron chi connectivity index (χ4n) is 3.50. The molecular formula is C18H22N4O3S. The van der Waals surface area contributed by atoms with Crippen LogP contribution in [0, 0.1) is 0 Å². The fourth-order valence-corrected chi connectivity index (χ4v) is 4.65. The Kier molecular flexibility index (Phi) is 4.02. The zero-order valence-corrected chi connectivity index (χ0v) is 15.7. The third-order valence-corrected chi connectivity index (χ3v) is 6.01. The van der Waals surface area contributed by atoms with E-state index in [4.69, 9.17) is 4.74 Å². The van der Waals surface area contributed by atoms with Crippen molar-refractivity contribution in [3.8, 4) is 5.75 Å². The Labute approximate surface area is 153 Å². The first kappa shape index (κ1) is 17.1. The number of benzene rings is 1. The number of nitrogens with one attached hydrogen (secondary N) is 1. The largest absolute Gasteiger partial charge is 0.486 e. The normalized spacial score (nSPS) is 18.5. The van der Waals surface area contributed by atoms with Crippen molar-refractivity contribution in [2.24, 2.45) is 0 Å². The maximum Gasteiger partial charge on any atom is 0.266 e. The Hall–Kier alpha value is -2.35. The summed E-state index contributed by atoms with van der Waals surface area (Å²) >= 11 is 0. The Bertz CT molecular complexity index is 937. The summed E-state index contributed by atoms with van der Waals surface area (Å²) in [5.41, 5.74) is 0.485. The number of nitrogens with zero attached hydrogens (tertiary/aromatic N) is 3. The highest BCUT2D eigenvalue weighted by atomic mass is 32.2. The van der Waals surface area contributed by atoms with Crippen LogP contribution in [0.5, 0.6) is 5.75 Å². The molecule has 8 heteroatoms. The van der Waals surface area contributed by atoms with Crippen LogP contribution < -0.4 is 14.4 Å². The summed E-state index contributed by atoms with van der Waals surface area (Å²) in [6.07, 6.45) is 5.98. The quantitative estimate of drug-likeness (QED) is 0.885. The van der Waals surface area contributed by atoms with Crippen LogP contribution in [0.4, 0.5) is 11.6 Å². The summed E-state index contributed by atoms with van der Waals surface area (Å²) in [6.45, 7) is 5.73. The average molecular weight is 374 g/mol. The second-order valence-corrected chi connectivity index (χ2v) is 9.00. The lowest BCUT2D eigenvalue weighted by Gasteiger charge is -2.19. The molecule has 1 aromatic heterocycles. The van der Waals surface area contributed by atoms with E-state index in [-0.39, 0.29) is 10.7 Å². The van der Waals surface area contributed by atoms with Crippen molar-refractivity contribution in [2.75, 3.05) is 22.7 Å². The van der Waals surface area contributed by atoms with E-state index < -0.39 is 15.6 Å². The monoisotopic (exact) mass is 374 g/mol. The van der Waals surface area contributed by atoms with Crippen LogP contribution >= 0.6 is 0 Å². The molecule has 1 N–H and O–H groups in total. The van der Waals surface area contributed by atoms with E-state index in [2.05, 4.69) is 19.6 Å². The third-order valence-electron chi connectivity index (χ3n) is 4.64. The van der Waals surface area contributed by atoms with Gasteiger partial charge in [0, 0.05) is 19.5 Å². The zero-order chi connectivity index (χ0) is 18.4. The number of sulfonamides is 1. The van der Waals surface area contributed by atoms with Crippen LogP contribution in [0.25, 0.3) is 0 Å². The van der Waals surface area contributed by atoms with Crippen molar-refractivity contribution < 1.29 is 13.2 Å². The van der Waals surface area contributed by atoms with Gasteiger partial charge in [0.25, 0.3) is 10.0 Å². The molecule has 4 rings (SSSR count). The molecule has 0 saturated carbocycles. The van der Waals surface area contributed by atoms with E-state index in [1.165, 1.54) is 6.20 Å². The maximum atomic E-state index is 12.9. The van der Waals surface area contributed by atoms with E-state index in [1.807, 2.05) is 19.9 Å². The first-order valence-corrected chi connectivity index (χ1v) is 10.2. The number of hydrogen-bond acceptors (Lipinski definition) is 6. The molecule has 26 heavy (non-hydrogen) atoms. The van der Waals surface area contributed by atoms with E-state index in [1.54, 1.807) is 18.3 Å². The smallest absolute Gasteiger partial charge is 0.266 e. The molecular weight excluding hydrogens is 352 g/mol. The lowest BCUT2D eigenvalue weighted by Crippen LogP contribution is -2.25. The molecule has 138 valence electrons. The van der Waals surface area contributed by atoms with E-state index in [9.17, 15) is 8.42 Å². The molecule has 0 radical (unpaired) electrons. The van der Waals surface area contributed by atoms with Gasteiger partial charge in [0.15, 0.2) is 5.82 Å². The van der Waals surface area contributed by atoms with Gasteiger partial charge >= 0.3 is 0 Å². The van der Waals surface area contributed by atoms with Crippen LogP contribution in [0.3, 0.4) is 0 Å². The number of ether oxygens (including phenoxy) is 1. The van der Waals surface area contributed by atoms with Crippen molar-refractivity contribution >= 4 is 21.7 Å². The van der Waals surface area contributed by atoms with Gasteiger partial charge in [0.2, 0.25) is 0 Å². The molecule has 0 amide bonds. The van der Waals surface area contributed by atoms with Gasteiger partial charge < -0.3 is 9.64 Å². The first-order chi connectivity index (χ1) is 12.3. The maximum absolute atomic E-state index is 12.9. The van der Waals surface area contributed by atoms with Crippen molar-refractivity contribution in [2.45, 2.75) is 43.6 Å². The number of hydrogen-bond donors (Lipinski definition) is 1. The summed E-state index contributed by atoms with van der Waals surface area (Å²) in [7, 11) is -3.83. The third kappa shape index (κ3) is 3.21. The Morgan fingerprint density at radius 2 is 1.96 bits per heavy atom. The zero-order valence-electron chi connectivity index (χ0n) is 14.9. The topological polar surface area (TPSA) is 84.4 Å². The van der Waals surface area contributed by atoms with Crippen molar-refractivity contribution in [1.82, 2.24) is 9.97 Å². The van der Waals surface area contributed by atoms with Gasteiger partial charge in [-0.1, -0.05) is 12.1 Å². The summed E-state index contributed by atoms with van der Waals surface area (Å²) in [4.78, 5) is 10.8. The molecule has 3 heterocycles. The summed E-state index contributed by atoms with van der Waals surface area (Å²) in [5.74, 6) is 1.33. The van der Waals surface area contributed by atoms with Gasteiger partial charge in [-0.15, -0.1) is 0 Å². The van der Waals surface area contributed by atoms with Gasteiger partial charge in [-0.3, -0.25) is 9.71 Å². The van der Waals surface area contributed by atoms with Gasteiger partial charge in [-0.05, 0) is 38.3 Å². The average Bonchev–Trinajstić information content (AvgIpc) is 3.19. The van der Waals surface area contributed by atoms with Gasteiger partial charge in [0.1, 0.15) is 22.1 Å². The second kappa shape index (κ2) is 6.12. The van der Waals surface area contributed by atoms with Gasteiger partial charge in [-0.2, -0.15) is 0 Å². The highest BCUT2D eigenvalue weighted by Crippen LogP contribution is 2.40. The number of anilines is 2. The van der Waals surface area contributed by atoms with E-state index in [0.717, 1.165) is 31.5 Å². The van der Waals surface area contributed by atoms with Crippen LogP contribution in [-0.4, -0.2) is 37.1 Å². The predicted molar refractivity (Wildman–Crippen MR) is 99.1 cm³/mol. The molecule has 1 saturated heterocycles. The van der Waals surface area contributed by atoms with Crippen LogP contribution in [0.15, 0.2) is 35.5 Å². The molecule has 7 nitrogen and oxygen atoms in total. The first-order valence-electron chi connectivity index (χ1n) is 8.75. The molecule has 0 unspecified atom stereocenters. The van der Waals surface area contributed by atoms with Gasteiger partial charge in [0.05, 0.1) is 12.4 Å². The summed E-state index contributed by atoms with van der Waals surface area (Å²) in [5, 5.41) is 0. The minimum atomic E-state index is -3.83. The lowest BCUT2D eigenvalue weighted by atomic mass is 10.0. The van der Waals surface area contributed by atoms with E-state index in [0.29, 0.717) is 18.0 Å². The van der Waals surface area contributed by atoms with Crippen LogP contribution in [-0.2, 0) is 16.4 Å². The highest BCUT2D eigenvalue weighted by Gasteiger charge is 2.35. The SMILES string of the molecule is CC1(C)Cc2cccc(S(=O)(=O)Nc3cncc(N4CCCC4)n3)c2O1. The Morgan fingerprint density at radius 3 is 2.73 bits per heavy atom. The summed E-state index contributed by atoms with van der Waals surface area (Å²) in [6, 6.07) is 5.20. The Balaban J connectivity index is 1.63. The van der Waals surface area contributed by atoms with Crippen LogP contribution in [0.2, 0.25) is 0 Å². The number of aromatic nitrogens is 2. The highest BCUT2D eigenvalue weighted by molar-refractivity contribution is 7.92. The van der Waals surface area contributed by atoms with Gasteiger partial charge in [-0.25, -0.2) is 13.4 Å². The molecule has 0 spiro atoms. The van der Waals surface area contributed by atoms with Crippen molar-refractivity contribution in [1.29, 1.82) is 0 Å². The number of rotatable bonds is 4. The predicted octanol–water partition coefficient (Wildman–Crippen LogP) is 2.59. The van der Waals surface area contributed by atoms with Crippen molar-refractivity contribution in [3.05, 3.63) is 36.2 Å². The minimum absolute atomic E-state index is 0.133.